The van der Waals surface area contributed by atoms with Gasteiger partial charge in [-0.25, -0.2) is 0 Å². The molecule has 2 nitrogen and oxygen atoms in total. The van der Waals surface area contributed by atoms with Gasteiger partial charge in [0.1, 0.15) is 4.83 Å². The number of carbonyl (C=O) groups is 1. The van der Waals surface area contributed by atoms with Crippen LogP contribution >= 0.6 is 15.9 Å². The van der Waals surface area contributed by atoms with E-state index in [9.17, 15) is 4.79 Å². The molecule has 0 amide bonds. The van der Waals surface area contributed by atoms with E-state index in [1.165, 1.54) is 0 Å². The van der Waals surface area contributed by atoms with E-state index in [1.807, 2.05) is 0 Å². The molecule has 0 fully saturated rings. The van der Waals surface area contributed by atoms with Crippen molar-refractivity contribution in [3.8, 4) is 0 Å². The van der Waals surface area contributed by atoms with Crippen LogP contribution in [0.15, 0.2) is 0 Å². The summed E-state index contributed by atoms with van der Waals surface area (Å²) >= 11 is 2.84. The van der Waals surface area contributed by atoms with Crippen LogP contribution in [0, 0.1) is 0 Å². The molecule has 0 saturated heterocycles. The van der Waals surface area contributed by atoms with Crippen molar-refractivity contribution in [2.75, 3.05) is 0 Å². The summed E-state index contributed by atoms with van der Waals surface area (Å²) in [5.74, 6) is -0.824. The monoisotopic (exact) mass is 176 g/mol. The first kappa shape index (κ1) is 10.8. The molecule has 0 saturated carbocycles. The number of halogens is 1. The predicted molar refractivity (Wildman–Crippen MR) is 27.1 cm³/mol. The van der Waals surface area contributed by atoms with Gasteiger partial charge in [0.15, 0.2) is 0 Å². The van der Waals surface area contributed by atoms with E-state index in [-0.39, 0.29) is 31.0 Å². The van der Waals surface area contributed by atoms with Crippen molar-refractivity contribution in [3.05, 3.63) is 0 Å². The predicted octanol–water partition coefficient (Wildman–Crippen LogP) is -2.03. The van der Waals surface area contributed by atoms with Crippen molar-refractivity contribution in [1.82, 2.24) is 0 Å². The van der Waals surface area contributed by atoms with Gasteiger partial charge in [-0.15, -0.1) is 0 Å². The molecule has 7 heavy (non-hydrogen) atoms. The third-order valence-corrected chi connectivity index (χ3v) is 0.732. The minimum absolute atomic E-state index is 0. The SMILES string of the molecule is CC(Br)C(=O)O.[H-].[Na+]. The summed E-state index contributed by atoms with van der Waals surface area (Å²) in [5.41, 5.74) is 0. The van der Waals surface area contributed by atoms with Crippen LogP contribution in [0.25, 0.3) is 0 Å². The van der Waals surface area contributed by atoms with Crippen molar-refractivity contribution >= 4 is 21.9 Å². The molecule has 1 atom stereocenters. The molecule has 0 aliphatic heterocycles. The van der Waals surface area contributed by atoms with Crippen LogP contribution in [0.3, 0.4) is 0 Å². The Morgan fingerprint density at radius 3 is 2.14 bits per heavy atom. The number of aliphatic carboxylic acids is 1. The van der Waals surface area contributed by atoms with Crippen molar-refractivity contribution < 1.29 is 40.9 Å². The minimum atomic E-state index is -0.824. The van der Waals surface area contributed by atoms with E-state index in [4.69, 9.17) is 5.11 Å². The van der Waals surface area contributed by atoms with Crippen LogP contribution in [0.2, 0.25) is 0 Å². The van der Waals surface area contributed by atoms with Crippen molar-refractivity contribution in [3.63, 3.8) is 0 Å². The number of carboxylic acid groups (broad SMARTS) is 1. The zero-order valence-corrected chi connectivity index (χ0v) is 7.90. The maximum Gasteiger partial charge on any atom is 1.00 e. The Morgan fingerprint density at radius 2 is 2.14 bits per heavy atom. The van der Waals surface area contributed by atoms with Gasteiger partial charge in [-0.05, 0) is 6.92 Å². The first-order valence-electron chi connectivity index (χ1n) is 1.51. The molecular weight excluding hydrogens is 171 g/mol. The second kappa shape index (κ2) is 5.09. The molecule has 0 radical (unpaired) electrons. The normalized spacial score (nSPS) is 11.7. The molecule has 1 N–H and O–H groups in total. The second-order valence-electron chi connectivity index (χ2n) is 0.954. The molecule has 0 heterocycles. The Morgan fingerprint density at radius 1 is 2.00 bits per heavy atom. The molecule has 0 aliphatic carbocycles. The molecular formula is C3H6BrNaO2. The second-order valence-corrected chi connectivity index (χ2v) is 2.33. The Kier molecular flexibility index (Phi) is 7.89. The van der Waals surface area contributed by atoms with Crippen molar-refractivity contribution in [2.45, 2.75) is 11.8 Å². The Hall–Kier alpha value is 0.950. The van der Waals surface area contributed by atoms with Gasteiger partial charge < -0.3 is 6.53 Å². The molecule has 38 valence electrons. The minimum Gasteiger partial charge on any atom is -1.00 e. The largest absolute Gasteiger partial charge is 1.00 e. The summed E-state index contributed by atoms with van der Waals surface area (Å²) in [6.45, 7) is 1.56. The zero-order valence-electron chi connectivity index (χ0n) is 5.31. The van der Waals surface area contributed by atoms with Gasteiger partial charge in [0.2, 0.25) is 0 Å². The molecule has 0 aromatic heterocycles. The van der Waals surface area contributed by atoms with E-state index in [0.29, 0.717) is 0 Å². The number of alkyl halides is 1. The maximum atomic E-state index is 9.65. The van der Waals surface area contributed by atoms with Crippen LogP contribution in [0.5, 0.6) is 0 Å². The quantitative estimate of drug-likeness (QED) is 0.370. The van der Waals surface area contributed by atoms with Crippen LogP contribution in [0.1, 0.15) is 8.35 Å². The summed E-state index contributed by atoms with van der Waals surface area (Å²) in [5, 5.41) is 7.94. The van der Waals surface area contributed by atoms with E-state index in [2.05, 4.69) is 15.9 Å². The summed E-state index contributed by atoms with van der Waals surface area (Å²) in [6.07, 6.45) is 0. The van der Waals surface area contributed by atoms with Gasteiger partial charge in [-0.1, -0.05) is 15.9 Å². The first-order valence-corrected chi connectivity index (χ1v) is 2.43. The standard InChI is InChI=1S/C3H5BrO2.Na.H/c1-2(4)3(5)6;;/h2H,1H3,(H,5,6);;/q;+1;-1. The van der Waals surface area contributed by atoms with Crippen LogP contribution in [-0.2, 0) is 4.79 Å². The molecule has 0 bridgehead atoms. The van der Waals surface area contributed by atoms with Gasteiger partial charge in [-0.2, -0.15) is 0 Å². The van der Waals surface area contributed by atoms with Gasteiger partial charge in [0.25, 0.3) is 0 Å². The fourth-order valence-corrected chi connectivity index (χ4v) is 0. The average molecular weight is 177 g/mol. The van der Waals surface area contributed by atoms with Crippen LogP contribution < -0.4 is 29.6 Å². The number of hydrogen-bond acceptors (Lipinski definition) is 1. The summed E-state index contributed by atoms with van der Waals surface area (Å²) in [6, 6.07) is 0. The summed E-state index contributed by atoms with van der Waals surface area (Å²) < 4.78 is 0. The van der Waals surface area contributed by atoms with Gasteiger partial charge in [-0.3, -0.25) is 4.79 Å². The van der Waals surface area contributed by atoms with Gasteiger partial charge in [0.05, 0.1) is 0 Å². The fourth-order valence-electron chi connectivity index (χ4n) is 0. The van der Waals surface area contributed by atoms with Crippen molar-refractivity contribution in [2.24, 2.45) is 0 Å². The van der Waals surface area contributed by atoms with Crippen LogP contribution in [-0.4, -0.2) is 15.9 Å². The Balaban J connectivity index is -0.000000125. The third kappa shape index (κ3) is 6.95. The summed E-state index contributed by atoms with van der Waals surface area (Å²) in [4.78, 5) is 9.23. The van der Waals surface area contributed by atoms with Gasteiger partial charge >= 0.3 is 35.5 Å². The van der Waals surface area contributed by atoms with E-state index < -0.39 is 10.8 Å². The van der Waals surface area contributed by atoms with E-state index in [1.54, 1.807) is 6.92 Å². The first-order chi connectivity index (χ1) is 2.64. The zero-order chi connectivity index (χ0) is 5.15. The third-order valence-electron chi connectivity index (χ3n) is 0.340. The molecule has 0 aromatic rings. The summed E-state index contributed by atoms with van der Waals surface area (Å²) in [7, 11) is 0. The van der Waals surface area contributed by atoms with E-state index in [0.717, 1.165) is 0 Å². The average Bonchev–Trinajstić information content (AvgIpc) is 1.36. The molecule has 0 spiro atoms. The smallest absolute Gasteiger partial charge is 1.00 e. The molecule has 0 aliphatic rings. The number of carboxylic acids is 1. The van der Waals surface area contributed by atoms with Gasteiger partial charge in [0, 0.05) is 0 Å². The Bertz CT molecular complexity index is 68.3. The molecule has 4 heteroatoms. The molecule has 0 aromatic carbocycles. The number of rotatable bonds is 1. The molecule has 1 unspecified atom stereocenters. The maximum absolute atomic E-state index is 9.65. The number of hydrogen-bond donors (Lipinski definition) is 1. The van der Waals surface area contributed by atoms with E-state index >= 15 is 0 Å². The topological polar surface area (TPSA) is 37.3 Å². The Labute approximate surface area is 74.2 Å². The van der Waals surface area contributed by atoms with Crippen molar-refractivity contribution in [1.29, 1.82) is 0 Å². The molecule has 0 rings (SSSR count). The van der Waals surface area contributed by atoms with Crippen LogP contribution in [0.4, 0.5) is 0 Å². The fraction of sp³-hybridized carbons (Fsp3) is 0.667.